The molecule has 0 fully saturated rings. The molecule has 2 rings (SSSR count). The summed E-state index contributed by atoms with van der Waals surface area (Å²) in [7, 11) is 1.65. The molecule has 0 radical (unpaired) electrons. The van der Waals surface area contributed by atoms with Crippen LogP contribution in [-0.4, -0.2) is 7.11 Å². The molecule has 1 aromatic heterocycles. The second-order valence-corrected chi connectivity index (χ2v) is 3.72. The predicted molar refractivity (Wildman–Crippen MR) is 60.1 cm³/mol. The number of ether oxygens (including phenoxy) is 1. The molecule has 1 heterocycles. The number of aryl methyl sites for hydroxylation is 1. The van der Waals surface area contributed by atoms with E-state index in [1.54, 1.807) is 7.11 Å². The lowest BCUT2D eigenvalue weighted by Crippen LogP contribution is -3.00. The van der Waals surface area contributed by atoms with E-state index < -0.39 is 0 Å². The number of halogens is 1. The molecule has 0 spiro atoms. The van der Waals surface area contributed by atoms with Crippen molar-refractivity contribution >= 4 is 11.0 Å². The van der Waals surface area contributed by atoms with Crippen molar-refractivity contribution in [3.63, 3.8) is 0 Å². The van der Waals surface area contributed by atoms with Crippen LogP contribution >= 0.6 is 0 Å². The molecule has 4 heteroatoms. The molecule has 1 atom stereocenters. The fourth-order valence-corrected chi connectivity index (χ4v) is 1.91. The average molecular weight is 241 g/mol. The molecular weight excluding hydrogens is 226 g/mol. The Kier molecular flexibility index (Phi) is 3.83. The van der Waals surface area contributed by atoms with Crippen LogP contribution in [0.4, 0.5) is 0 Å². The largest absolute Gasteiger partial charge is 1.00 e. The third-order valence-corrected chi connectivity index (χ3v) is 2.57. The number of nitrogens with two attached hydrogens (primary N) is 1. The Morgan fingerprint density at radius 3 is 2.62 bits per heavy atom. The van der Waals surface area contributed by atoms with Crippen molar-refractivity contribution in [3.8, 4) is 5.75 Å². The number of rotatable bonds is 2. The van der Waals surface area contributed by atoms with Gasteiger partial charge in [0.25, 0.3) is 0 Å². The van der Waals surface area contributed by atoms with Crippen molar-refractivity contribution in [2.75, 3.05) is 7.11 Å². The number of methoxy groups -OCH3 is 1. The van der Waals surface area contributed by atoms with E-state index >= 15 is 0 Å². The summed E-state index contributed by atoms with van der Waals surface area (Å²) in [6.45, 7) is 3.89. The first kappa shape index (κ1) is 12.9. The summed E-state index contributed by atoms with van der Waals surface area (Å²) < 4.78 is 10.8. The van der Waals surface area contributed by atoms with Gasteiger partial charge in [0, 0.05) is 17.0 Å². The summed E-state index contributed by atoms with van der Waals surface area (Å²) in [6, 6.07) is 5.73. The van der Waals surface area contributed by atoms with E-state index in [2.05, 4.69) is 0 Å². The van der Waals surface area contributed by atoms with Crippen LogP contribution in [0.15, 0.2) is 22.6 Å². The molecule has 0 amide bonds. The Morgan fingerprint density at radius 2 is 2.06 bits per heavy atom. The number of furan rings is 1. The highest BCUT2D eigenvalue weighted by atomic mass is 35.5. The molecule has 3 nitrogen and oxygen atoms in total. The Balaban J connectivity index is 0.00000128. The smallest absolute Gasteiger partial charge is 0.134 e. The topological polar surface area (TPSA) is 48.4 Å². The monoisotopic (exact) mass is 240 g/mol. The van der Waals surface area contributed by atoms with E-state index in [4.69, 9.17) is 14.9 Å². The maximum atomic E-state index is 5.92. The van der Waals surface area contributed by atoms with Crippen LogP contribution in [-0.2, 0) is 0 Å². The van der Waals surface area contributed by atoms with Crippen molar-refractivity contribution in [1.82, 2.24) is 0 Å². The highest BCUT2D eigenvalue weighted by molar-refractivity contribution is 5.84. The van der Waals surface area contributed by atoms with Crippen molar-refractivity contribution in [1.29, 1.82) is 0 Å². The van der Waals surface area contributed by atoms with Crippen LogP contribution in [0, 0.1) is 6.92 Å². The first-order valence-corrected chi connectivity index (χ1v) is 4.96. The lowest BCUT2D eigenvalue weighted by molar-refractivity contribution is -0.00000424. The van der Waals surface area contributed by atoms with Crippen LogP contribution in [0.5, 0.6) is 5.75 Å². The standard InChI is InChI=1S/C12H15NO2.ClH/c1-7(13)12-8(2)15-11-5-4-9(14-3)6-10(11)12;/h4-7H,13H2,1-3H3;1H/p-1. The molecule has 1 unspecified atom stereocenters. The zero-order valence-electron chi connectivity index (χ0n) is 9.58. The number of hydrogen-bond donors (Lipinski definition) is 1. The van der Waals surface area contributed by atoms with E-state index in [0.717, 1.165) is 28.0 Å². The predicted octanol–water partition coefficient (Wildman–Crippen LogP) is -0.226. The molecule has 0 aliphatic carbocycles. The van der Waals surface area contributed by atoms with Crippen molar-refractivity contribution in [2.24, 2.45) is 5.73 Å². The summed E-state index contributed by atoms with van der Waals surface area (Å²) in [5.41, 5.74) is 7.84. The van der Waals surface area contributed by atoms with Gasteiger partial charge in [0.15, 0.2) is 0 Å². The number of benzene rings is 1. The van der Waals surface area contributed by atoms with Crippen molar-refractivity contribution < 1.29 is 21.6 Å². The molecule has 0 saturated heterocycles. The van der Waals surface area contributed by atoms with Gasteiger partial charge in [-0.25, -0.2) is 0 Å². The van der Waals surface area contributed by atoms with Gasteiger partial charge < -0.3 is 27.3 Å². The second-order valence-electron chi connectivity index (χ2n) is 3.72. The van der Waals surface area contributed by atoms with E-state index in [1.165, 1.54) is 0 Å². The van der Waals surface area contributed by atoms with Gasteiger partial charge in [0.05, 0.1) is 7.11 Å². The molecule has 2 aromatic rings. The summed E-state index contributed by atoms with van der Waals surface area (Å²) in [5, 5.41) is 1.04. The van der Waals surface area contributed by atoms with Gasteiger partial charge in [-0.1, -0.05) is 0 Å². The van der Waals surface area contributed by atoms with Gasteiger partial charge in [-0.3, -0.25) is 0 Å². The number of hydrogen-bond acceptors (Lipinski definition) is 3. The highest BCUT2D eigenvalue weighted by Gasteiger charge is 2.14. The lowest BCUT2D eigenvalue weighted by Gasteiger charge is -2.04. The SMILES string of the molecule is COc1ccc2oc(C)c(C(C)N)c2c1.[Cl-]. The molecule has 0 aliphatic heterocycles. The first-order valence-electron chi connectivity index (χ1n) is 4.96. The highest BCUT2D eigenvalue weighted by Crippen LogP contribution is 2.31. The maximum absolute atomic E-state index is 5.92. The summed E-state index contributed by atoms with van der Waals surface area (Å²) >= 11 is 0. The summed E-state index contributed by atoms with van der Waals surface area (Å²) in [6.07, 6.45) is 0. The Morgan fingerprint density at radius 1 is 1.38 bits per heavy atom. The Hall–Kier alpha value is -1.19. The van der Waals surface area contributed by atoms with E-state index in [0.29, 0.717) is 0 Å². The number of fused-ring (bicyclic) bond motifs is 1. The molecule has 16 heavy (non-hydrogen) atoms. The van der Waals surface area contributed by atoms with Crippen LogP contribution < -0.4 is 22.9 Å². The van der Waals surface area contributed by atoms with Crippen LogP contribution in [0.2, 0.25) is 0 Å². The van der Waals surface area contributed by atoms with Crippen LogP contribution in [0.25, 0.3) is 11.0 Å². The third kappa shape index (κ3) is 2.01. The Labute approximate surface area is 101 Å². The van der Waals surface area contributed by atoms with E-state index in [1.807, 2.05) is 32.0 Å². The minimum absolute atomic E-state index is 0. The van der Waals surface area contributed by atoms with Gasteiger partial charge in [-0.2, -0.15) is 0 Å². The molecule has 2 N–H and O–H groups in total. The van der Waals surface area contributed by atoms with Gasteiger partial charge in [-0.15, -0.1) is 0 Å². The molecule has 0 bridgehead atoms. The van der Waals surface area contributed by atoms with Gasteiger partial charge in [0.1, 0.15) is 17.1 Å². The van der Waals surface area contributed by atoms with Gasteiger partial charge in [0.2, 0.25) is 0 Å². The zero-order chi connectivity index (χ0) is 11.0. The van der Waals surface area contributed by atoms with Crippen molar-refractivity contribution in [3.05, 3.63) is 29.5 Å². The van der Waals surface area contributed by atoms with Crippen LogP contribution in [0.3, 0.4) is 0 Å². The molecular formula is C12H15ClNO2-. The molecule has 0 aliphatic rings. The lowest BCUT2D eigenvalue weighted by atomic mass is 10.1. The fraction of sp³-hybridized carbons (Fsp3) is 0.333. The Bertz CT molecular complexity index is 491. The van der Waals surface area contributed by atoms with E-state index in [-0.39, 0.29) is 18.4 Å². The summed E-state index contributed by atoms with van der Waals surface area (Å²) in [5.74, 6) is 1.71. The third-order valence-electron chi connectivity index (χ3n) is 2.57. The van der Waals surface area contributed by atoms with Gasteiger partial charge in [-0.05, 0) is 32.0 Å². The minimum Gasteiger partial charge on any atom is -1.00 e. The quantitative estimate of drug-likeness (QED) is 0.789. The zero-order valence-corrected chi connectivity index (χ0v) is 10.3. The molecule has 1 aromatic carbocycles. The normalized spacial score (nSPS) is 12.2. The van der Waals surface area contributed by atoms with Crippen LogP contribution in [0.1, 0.15) is 24.3 Å². The van der Waals surface area contributed by atoms with Crippen molar-refractivity contribution in [2.45, 2.75) is 19.9 Å². The van der Waals surface area contributed by atoms with Gasteiger partial charge >= 0.3 is 0 Å². The fourth-order valence-electron chi connectivity index (χ4n) is 1.91. The first-order chi connectivity index (χ1) is 7.13. The van der Waals surface area contributed by atoms with E-state index in [9.17, 15) is 0 Å². The molecule has 0 saturated carbocycles. The maximum Gasteiger partial charge on any atom is 0.134 e. The minimum atomic E-state index is -0.0293. The second kappa shape index (κ2) is 4.76. The average Bonchev–Trinajstić information content (AvgIpc) is 2.52. The summed E-state index contributed by atoms with van der Waals surface area (Å²) in [4.78, 5) is 0. The molecule has 88 valence electrons.